The van der Waals surface area contributed by atoms with Crippen molar-refractivity contribution in [3.8, 4) is 0 Å². The van der Waals surface area contributed by atoms with E-state index >= 15 is 0 Å². The van der Waals surface area contributed by atoms with E-state index in [1.165, 1.54) is 0 Å². The second kappa shape index (κ2) is 4.66. The summed E-state index contributed by atoms with van der Waals surface area (Å²) >= 11 is -0.708. The molecule has 7 heavy (non-hydrogen) atoms. The fourth-order valence-corrected chi connectivity index (χ4v) is 0.744. The zero-order valence-corrected chi connectivity index (χ0v) is 5.49. The third kappa shape index (κ3) is 4.36. The van der Waals surface area contributed by atoms with E-state index in [1.807, 2.05) is 14.7 Å². The van der Waals surface area contributed by atoms with Crippen molar-refractivity contribution in [2.45, 2.75) is 6.92 Å². The van der Waals surface area contributed by atoms with Gasteiger partial charge in [0.15, 0.2) is 0 Å². The van der Waals surface area contributed by atoms with Gasteiger partial charge in [-0.1, -0.05) is 0 Å². The Morgan fingerprint density at radius 3 is 2.57 bits per heavy atom. The van der Waals surface area contributed by atoms with Crippen LogP contribution in [0.5, 0.6) is 0 Å². The molecule has 0 aliphatic heterocycles. The summed E-state index contributed by atoms with van der Waals surface area (Å²) < 4.78 is 10.4. The first kappa shape index (κ1) is 7.50. The summed E-state index contributed by atoms with van der Waals surface area (Å²) in [4.78, 5) is 0. The van der Waals surface area contributed by atoms with Crippen LogP contribution in [0.3, 0.4) is 0 Å². The Bertz CT molecular complexity index is 66.0. The van der Waals surface area contributed by atoms with Gasteiger partial charge >= 0.3 is 48.8 Å². The predicted molar refractivity (Wildman–Crippen MR) is 38.7 cm³/mol. The van der Waals surface area contributed by atoms with E-state index in [9.17, 15) is 4.55 Å². The Morgan fingerprint density at radius 1 is 1.86 bits per heavy atom. The molecule has 0 saturated heterocycles. The van der Waals surface area contributed by atoms with Crippen molar-refractivity contribution in [2.24, 2.45) is 0 Å². The van der Waals surface area contributed by atoms with E-state index in [1.54, 1.807) is 12.8 Å². The van der Waals surface area contributed by atoms with Gasteiger partial charge in [-0.3, -0.25) is 0 Å². The molecule has 0 rings (SSSR count). The zero-order valence-electron chi connectivity index (χ0n) is 4.68. The monoisotopic (exact) mass is 112 g/mol. The van der Waals surface area contributed by atoms with Crippen molar-refractivity contribution >= 4 is 31.5 Å². The van der Waals surface area contributed by atoms with Crippen molar-refractivity contribution in [3.05, 3.63) is 0 Å². The van der Waals surface area contributed by atoms with E-state index in [2.05, 4.69) is 0 Å². The van der Waals surface area contributed by atoms with Crippen LogP contribution in [0.1, 0.15) is 6.92 Å². The summed E-state index contributed by atoms with van der Waals surface area (Å²) in [5, 5.41) is 0. The quantitative estimate of drug-likeness (QED) is 0.316. The van der Waals surface area contributed by atoms with Crippen LogP contribution < -0.4 is 0 Å². The SMILES string of the molecule is BB=B[S+]([O-])CC. The maximum atomic E-state index is 10.4. The van der Waals surface area contributed by atoms with Crippen LogP contribution in [0.15, 0.2) is 0 Å². The van der Waals surface area contributed by atoms with Crippen LogP contribution in [0.2, 0.25) is 0 Å². The summed E-state index contributed by atoms with van der Waals surface area (Å²) in [6, 6.07) is 0. The van der Waals surface area contributed by atoms with E-state index in [4.69, 9.17) is 0 Å². The first-order valence-electron chi connectivity index (χ1n) is 2.31. The van der Waals surface area contributed by atoms with Crippen molar-refractivity contribution < 1.29 is 4.55 Å². The molecule has 0 saturated carbocycles. The fraction of sp³-hybridized carbons (Fsp3) is 1.00. The minimum atomic E-state index is -0.708. The standard InChI is InChI=1S/C2H7B3OS/c1-2-7(6)5-4-3/h2-3H2,1H3. The molecule has 0 amide bonds. The second-order valence-electron chi connectivity index (χ2n) is 1.14. The van der Waals surface area contributed by atoms with Crippen molar-refractivity contribution in [3.63, 3.8) is 0 Å². The van der Waals surface area contributed by atoms with Crippen LogP contribution in [0, 0.1) is 0 Å². The summed E-state index contributed by atoms with van der Waals surface area (Å²) in [6.07, 6.45) is 1.69. The average Bonchev–Trinajstić information content (AvgIpc) is 1.68. The molecule has 0 aromatic carbocycles. The molecule has 36 valence electrons. The summed E-state index contributed by atoms with van der Waals surface area (Å²) in [7, 11) is 1.87. The first-order chi connectivity index (χ1) is 3.31. The van der Waals surface area contributed by atoms with E-state index in [0.29, 0.717) is 0 Å². The molecule has 0 fully saturated rings. The molecule has 1 nitrogen and oxygen atoms in total. The van der Waals surface area contributed by atoms with Gasteiger partial charge in [-0.15, -0.1) is 0 Å². The molecule has 0 aliphatic rings. The third-order valence-electron chi connectivity index (χ3n) is 0.572. The molecule has 0 aromatic rings. The molecule has 0 N–H and O–H groups in total. The number of rotatable bonds is 2. The predicted octanol–water partition coefficient (Wildman–Crippen LogP) is -1.46. The van der Waals surface area contributed by atoms with Gasteiger partial charge in [0, 0.05) is 0 Å². The summed E-state index contributed by atoms with van der Waals surface area (Å²) in [5.74, 6) is 0.727. The molecular weight excluding hydrogens is 105 g/mol. The molecule has 1 unspecified atom stereocenters. The molecule has 5 heteroatoms. The molecule has 0 radical (unpaired) electrons. The van der Waals surface area contributed by atoms with Crippen molar-refractivity contribution in [2.75, 3.05) is 5.75 Å². The topological polar surface area (TPSA) is 23.1 Å². The zero-order chi connectivity index (χ0) is 5.70. The summed E-state index contributed by atoms with van der Waals surface area (Å²) in [6.45, 7) is 3.70. The number of hydrogen-bond donors (Lipinski definition) is 0. The maximum absolute atomic E-state index is 10.4. The van der Waals surface area contributed by atoms with E-state index in [-0.39, 0.29) is 0 Å². The second-order valence-corrected chi connectivity index (χ2v) is 2.75. The normalized spacial score (nSPS) is 12.9. The first-order valence-corrected chi connectivity index (χ1v) is 3.69. The van der Waals surface area contributed by atoms with Crippen LogP contribution in [-0.2, 0) is 11.0 Å². The molecule has 1 atom stereocenters. The Morgan fingerprint density at radius 2 is 2.43 bits per heavy atom. The van der Waals surface area contributed by atoms with Gasteiger partial charge in [0.1, 0.15) is 0 Å². The molecular formula is C2H7B3OS. The fourth-order valence-electron chi connectivity index (χ4n) is 0.248. The average molecular weight is 112 g/mol. The van der Waals surface area contributed by atoms with Gasteiger partial charge in [-0.2, -0.15) is 0 Å². The Kier molecular flexibility index (Phi) is 4.99. The van der Waals surface area contributed by atoms with Gasteiger partial charge in [0.05, 0.1) is 0 Å². The summed E-state index contributed by atoms with van der Waals surface area (Å²) in [5.41, 5.74) is 0. The Labute approximate surface area is 49.5 Å². The molecule has 0 aromatic heterocycles. The van der Waals surface area contributed by atoms with Crippen molar-refractivity contribution in [1.82, 2.24) is 0 Å². The Balaban J connectivity index is 3.16. The Hall–Kier alpha value is 0.505. The van der Waals surface area contributed by atoms with Gasteiger partial charge in [-0.05, 0) is 0 Å². The van der Waals surface area contributed by atoms with Gasteiger partial charge in [0.25, 0.3) is 0 Å². The van der Waals surface area contributed by atoms with Gasteiger partial charge in [0.2, 0.25) is 0 Å². The minimum absolute atomic E-state index is 0.708. The van der Waals surface area contributed by atoms with Gasteiger partial charge < -0.3 is 0 Å². The van der Waals surface area contributed by atoms with Crippen LogP contribution in [-0.4, -0.2) is 30.8 Å². The van der Waals surface area contributed by atoms with Crippen LogP contribution >= 0.6 is 0 Å². The van der Waals surface area contributed by atoms with E-state index < -0.39 is 11.0 Å². The van der Waals surface area contributed by atoms with Crippen LogP contribution in [0.25, 0.3) is 0 Å². The van der Waals surface area contributed by atoms with Crippen molar-refractivity contribution in [1.29, 1.82) is 0 Å². The molecule has 0 bridgehead atoms. The van der Waals surface area contributed by atoms with Gasteiger partial charge in [-0.25, -0.2) is 0 Å². The van der Waals surface area contributed by atoms with E-state index in [0.717, 1.165) is 5.75 Å². The molecule has 0 heterocycles. The molecule has 0 aliphatic carbocycles. The van der Waals surface area contributed by atoms with Crippen LogP contribution in [0.4, 0.5) is 0 Å². The third-order valence-corrected chi connectivity index (χ3v) is 1.72. The number of hydrogen-bond acceptors (Lipinski definition) is 1. The molecule has 0 spiro atoms.